The summed E-state index contributed by atoms with van der Waals surface area (Å²) in [5, 5.41) is 13.4. The third kappa shape index (κ3) is 3.05. The van der Waals surface area contributed by atoms with Crippen LogP contribution in [0.3, 0.4) is 0 Å². The lowest BCUT2D eigenvalue weighted by atomic mass is 10.2. The second-order valence-electron chi connectivity index (χ2n) is 5.05. The van der Waals surface area contributed by atoms with Crippen molar-refractivity contribution in [2.45, 2.75) is 25.5 Å². The monoisotopic (exact) mass is 299 g/mol. The van der Waals surface area contributed by atoms with Crippen molar-refractivity contribution < 1.29 is 14.2 Å². The second kappa shape index (κ2) is 6.50. The first-order valence-corrected chi connectivity index (χ1v) is 7.22. The van der Waals surface area contributed by atoms with Gasteiger partial charge in [0.15, 0.2) is 5.75 Å². The number of hydrogen-bond acceptors (Lipinski definition) is 5. The Labute approximate surface area is 128 Å². The van der Waals surface area contributed by atoms with E-state index in [1.54, 1.807) is 42.4 Å². The van der Waals surface area contributed by atoms with E-state index < -0.39 is 0 Å². The van der Waals surface area contributed by atoms with Crippen LogP contribution in [-0.2, 0) is 4.74 Å². The van der Waals surface area contributed by atoms with Gasteiger partial charge >= 0.3 is 0 Å². The van der Waals surface area contributed by atoms with Crippen LogP contribution >= 0.6 is 0 Å². The van der Waals surface area contributed by atoms with Gasteiger partial charge in [-0.25, -0.2) is 4.68 Å². The van der Waals surface area contributed by atoms with E-state index in [4.69, 9.17) is 19.5 Å². The summed E-state index contributed by atoms with van der Waals surface area (Å²) in [4.78, 5) is 0. The summed E-state index contributed by atoms with van der Waals surface area (Å²) >= 11 is 0. The maximum atomic E-state index is 9.16. The van der Waals surface area contributed by atoms with Crippen LogP contribution in [-0.4, -0.2) is 23.5 Å². The van der Waals surface area contributed by atoms with Gasteiger partial charge in [-0.15, -0.1) is 0 Å². The molecule has 3 rings (SSSR count). The van der Waals surface area contributed by atoms with Crippen molar-refractivity contribution in [1.82, 2.24) is 9.78 Å². The highest BCUT2D eigenvalue weighted by Crippen LogP contribution is 2.30. The molecule has 1 aliphatic heterocycles. The SMILES string of the molecule is COc1ccc(C#N)c(Oc2cnn(C3CCCCO3)c2)c1. The molecule has 6 nitrogen and oxygen atoms in total. The molecule has 1 aliphatic rings. The van der Waals surface area contributed by atoms with Crippen molar-refractivity contribution in [3.63, 3.8) is 0 Å². The summed E-state index contributed by atoms with van der Waals surface area (Å²) in [6.07, 6.45) is 6.55. The molecule has 1 atom stereocenters. The molecule has 0 N–H and O–H groups in total. The van der Waals surface area contributed by atoms with Gasteiger partial charge < -0.3 is 14.2 Å². The minimum Gasteiger partial charge on any atom is -0.497 e. The van der Waals surface area contributed by atoms with Gasteiger partial charge in [-0.1, -0.05) is 0 Å². The van der Waals surface area contributed by atoms with Gasteiger partial charge in [-0.3, -0.25) is 0 Å². The number of benzene rings is 1. The van der Waals surface area contributed by atoms with Crippen LogP contribution in [0.15, 0.2) is 30.6 Å². The standard InChI is InChI=1S/C16H17N3O3/c1-20-13-6-5-12(9-17)15(8-13)22-14-10-18-19(11-14)16-4-2-3-7-21-16/h5-6,8,10-11,16H,2-4,7H2,1H3. The Bertz CT molecular complexity index is 684. The van der Waals surface area contributed by atoms with Crippen molar-refractivity contribution >= 4 is 0 Å². The Morgan fingerprint density at radius 2 is 2.27 bits per heavy atom. The highest BCUT2D eigenvalue weighted by Gasteiger charge is 2.17. The molecule has 1 aromatic carbocycles. The first-order chi connectivity index (χ1) is 10.8. The molecule has 1 fully saturated rings. The largest absolute Gasteiger partial charge is 0.497 e. The molecular weight excluding hydrogens is 282 g/mol. The van der Waals surface area contributed by atoms with E-state index in [9.17, 15) is 0 Å². The van der Waals surface area contributed by atoms with Crippen molar-refractivity contribution in [1.29, 1.82) is 5.26 Å². The van der Waals surface area contributed by atoms with E-state index in [1.165, 1.54) is 0 Å². The van der Waals surface area contributed by atoms with E-state index in [-0.39, 0.29) is 6.23 Å². The Morgan fingerprint density at radius 1 is 1.36 bits per heavy atom. The maximum absolute atomic E-state index is 9.16. The van der Waals surface area contributed by atoms with Crippen LogP contribution in [0.25, 0.3) is 0 Å². The molecule has 114 valence electrons. The molecule has 1 saturated heterocycles. The van der Waals surface area contributed by atoms with E-state index in [2.05, 4.69) is 11.2 Å². The summed E-state index contributed by atoms with van der Waals surface area (Å²) in [7, 11) is 1.57. The predicted molar refractivity (Wildman–Crippen MR) is 78.9 cm³/mol. The quantitative estimate of drug-likeness (QED) is 0.866. The number of methoxy groups -OCH3 is 1. The van der Waals surface area contributed by atoms with Gasteiger partial charge in [-0.2, -0.15) is 10.4 Å². The Kier molecular flexibility index (Phi) is 4.26. The minimum absolute atomic E-state index is 0.0353. The summed E-state index contributed by atoms with van der Waals surface area (Å²) < 4.78 is 18.4. The van der Waals surface area contributed by atoms with Crippen molar-refractivity contribution in [3.05, 3.63) is 36.2 Å². The summed E-state index contributed by atoms with van der Waals surface area (Å²) in [6.45, 7) is 0.759. The molecular formula is C16H17N3O3. The van der Waals surface area contributed by atoms with Crippen LogP contribution in [0.2, 0.25) is 0 Å². The summed E-state index contributed by atoms with van der Waals surface area (Å²) in [5.74, 6) is 1.65. The van der Waals surface area contributed by atoms with E-state index >= 15 is 0 Å². The van der Waals surface area contributed by atoms with Gasteiger partial charge in [0, 0.05) is 12.7 Å². The molecule has 0 aliphatic carbocycles. The highest BCUT2D eigenvalue weighted by molar-refractivity contribution is 5.49. The van der Waals surface area contributed by atoms with Crippen molar-refractivity contribution in [2.24, 2.45) is 0 Å². The molecule has 2 heterocycles. The molecule has 2 aromatic rings. The smallest absolute Gasteiger partial charge is 0.165 e. The summed E-state index contributed by atoms with van der Waals surface area (Å²) in [5.41, 5.74) is 0.447. The zero-order valence-corrected chi connectivity index (χ0v) is 12.4. The molecule has 0 saturated carbocycles. The Balaban J connectivity index is 1.79. The number of nitrogens with zero attached hydrogens (tertiary/aromatic N) is 3. The molecule has 6 heteroatoms. The Hall–Kier alpha value is -2.52. The lowest BCUT2D eigenvalue weighted by molar-refractivity contribution is -0.0395. The third-order valence-electron chi connectivity index (χ3n) is 3.57. The van der Waals surface area contributed by atoms with Crippen molar-refractivity contribution in [3.8, 4) is 23.3 Å². The highest BCUT2D eigenvalue weighted by atomic mass is 16.5. The minimum atomic E-state index is -0.0353. The maximum Gasteiger partial charge on any atom is 0.165 e. The lowest BCUT2D eigenvalue weighted by Gasteiger charge is -2.22. The first-order valence-electron chi connectivity index (χ1n) is 7.22. The number of ether oxygens (including phenoxy) is 3. The van der Waals surface area contributed by atoms with Crippen molar-refractivity contribution in [2.75, 3.05) is 13.7 Å². The fraction of sp³-hybridized carbons (Fsp3) is 0.375. The zero-order chi connectivity index (χ0) is 15.4. The van der Waals surface area contributed by atoms with E-state index in [0.717, 1.165) is 25.9 Å². The average Bonchev–Trinajstić information content (AvgIpc) is 3.04. The number of nitriles is 1. The fourth-order valence-electron chi connectivity index (χ4n) is 2.40. The van der Waals surface area contributed by atoms with Gasteiger partial charge in [0.25, 0.3) is 0 Å². The lowest BCUT2D eigenvalue weighted by Crippen LogP contribution is -2.18. The first kappa shape index (κ1) is 14.4. The summed E-state index contributed by atoms with van der Waals surface area (Å²) in [6, 6.07) is 7.19. The van der Waals surface area contributed by atoms with Crippen LogP contribution in [0, 0.1) is 11.3 Å². The zero-order valence-electron chi connectivity index (χ0n) is 12.4. The predicted octanol–water partition coefficient (Wildman–Crippen LogP) is 3.25. The second-order valence-corrected chi connectivity index (χ2v) is 5.05. The van der Waals surface area contributed by atoms with Gasteiger partial charge in [0.2, 0.25) is 0 Å². The molecule has 22 heavy (non-hydrogen) atoms. The number of rotatable bonds is 4. The molecule has 1 aromatic heterocycles. The number of hydrogen-bond donors (Lipinski definition) is 0. The third-order valence-corrected chi connectivity index (χ3v) is 3.57. The number of aromatic nitrogens is 2. The van der Waals surface area contributed by atoms with E-state index in [1.807, 2.05) is 0 Å². The van der Waals surface area contributed by atoms with Crippen LogP contribution < -0.4 is 9.47 Å². The average molecular weight is 299 g/mol. The van der Waals surface area contributed by atoms with E-state index in [0.29, 0.717) is 22.8 Å². The fourth-order valence-corrected chi connectivity index (χ4v) is 2.40. The molecule has 0 bridgehead atoms. The van der Waals surface area contributed by atoms with Crippen LogP contribution in [0.5, 0.6) is 17.2 Å². The van der Waals surface area contributed by atoms with Gasteiger partial charge in [0.05, 0.1) is 25.1 Å². The van der Waals surface area contributed by atoms with Gasteiger partial charge in [-0.05, 0) is 31.4 Å². The molecule has 0 radical (unpaired) electrons. The Morgan fingerprint density at radius 3 is 3.00 bits per heavy atom. The topological polar surface area (TPSA) is 69.3 Å². The van der Waals surface area contributed by atoms with Gasteiger partial charge in [0.1, 0.15) is 23.8 Å². The molecule has 0 spiro atoms. The molecule has 1 unspecified atom stereocenters. The molecule has 0 amide bonds. The normalized spacial score (nSPS) is 17.7. The van der Waals surface area contributed by atoms with Crippen LogP contribution in [0.4, 0.5) is 0 Å². The van der Waals surface area contributed by atoms with Crippen LogP contribution in [0.1, 0.15) is 31.1 Å².